The van der Waals surface area contributed by atoms with Crippen molar-refractivity contribution in [2.24, 2.45) is 0 Å². The van der Waals surface area contributed by atoms with Gasteiger partial charge in [0.15, 0.2) is 9.04 Å². The van der Waals surface area contributed by atoms with Crippen LogP contribution in [0.2, 0.25) is 21.5 Å². The summed E-state index contributed by atoms with van der Waals surface area (Å²) in [4.78, 5) is 10.2. The van der Waals surface area contributed by atoms with E-state index in [1.54, 1.807) is 8.87 Å². The number of aliphatic carboxylic acids is 1. The zero-order chi connectivity index (χ0) is 22.7. The van der Waals surface area contributed by atoms with Crippen LogP contribution in [0.1, 0.15) is 124 Å². The Morgan fingerprint density at radius 3 is 1.67 bits per heavy atom. The van der Waals surface area contributed by atoms with Gasteiger partial charge in [0.05, 0.1) is 0 Å². The molecule has 1 atom stereocenters. The fourth-order valence-electron chi connectivity index (χ4n) is 3.22. The molecule has 1 aliphatic heterocycles. The molecule has 1 N–H and O–H groups in total. The third-order valence-electron chi connectivity index (χ3n) is 5.32. The first-order valence-electron chi connectivity index (χ1n) is 13.1. The zero-order valence-corrected chi connectivity index (χ0v) is 25.0. The number of rotatable bonds is 16. The molecule has 0 amide bonds. The molecule has 1 heterocycles. The molecule has 0 aromatic heterocycles. The molecule has 1 rings (SSSR count). The van der Waals surface area contributed by atoms with Crippen molar-refractivity contribution in [2.75, 3.05) is 6.61 Å². The standard InChI is InChI=1S/C12H24O2.C5H12OSi.2C4H9.Sn/c1-2-3-4-5-6-7-8-9-10-11-12(13)14;1-7-5-3-2-4-6-7;2*1-3-4-2;/h2-11H2,1H3,(H,13,14);7H,2-5H2,1H3;2*1,3-4H2,2H3;. The Morgan fingerprint density at radius 1 is 0.800 bits per heavy atom. The first-order chi connectivity index (χ1) is 14.6. The number of unbranched alkanes of at least 4 members (excludes halogenated alkanes) is 10. The fourth-order valence-corrected chi connectivity index (χ4v) is 8.98. The first-order valence-corrected chi connectivity index (χ1v) is 19.6. The van der Waals surface area contributed by atoms with Crippen molar-refractivity contribution >= 4 is 36.2 Å². The van der Waals surface area contributed by atoms with Crippen LogP contribution in [0.3, 0.4) is 0 Å². The van der Waals surface area contributed by atoms with E-state index in [1.807, 2.05) is 0 Å². The van der Waals surface area contributed by atoms with Crippen LogP contribution in [-0.2, 0) is 9.22 Å². The van der Waals surface area contributed by atoms with E-state index in [0.717, 1.165) is 19.4 Å². The normalized spacial score (nSPS) is 15.5. The van der Waals surface area contributed by atoms with Gasteiger partial charge in [0, 0.05) is 13.0 Å². The van der Waals surface area contributed by atoms with Crippen molar-refractivity contribution in [1.29, 1.82) is 0 Å². The number of hydrogen-bond donors (Lipinski definition) is 1. The maximum atomic E-state index is 10.2. The van der Waals surface area contributed by atoms with Gasteiger partial charge in [-0.2, -0.15) is 0 Å². The van der Waals surface area contributed by atoms with E-state index in [-0.39, 0.29) is 21.1 Å². The minimum Gasteiger partial charge on any atom is -0.420 e. The van der Waals surface area contributed by atoms with Crippen molar-refractivity contribution in [3.8, 4) is 0 Å². The quantitative estimate of drug-likeness (QED) is 0.156. The molecule has 1 aliphatic rings. The monoisotopic (exact) mass is 550 g/mol. The van der Waals surface area contributed by atoms with Crippen LogP contribution in [0.5, 0.6) is 0 Å². The van der Waals surface area contributed by atoms with Gasteiger partial charge in [0.25, 0.3) is 0 Å². The Labute approximate surface area is 201 Å². The minimum atomic E-state index is -0.659. The second-order valence-corrected chi connectivity index (χ2v) is 15.4. The predicted molar refractivity (Wildman–Crippen MR) is 138 cm³/mol. The third-order valence-corrected chi connectivity index (χ3v) is 11.4. The molecule has 0 aromatic rings. The van der Waals surface area contributed by atoms with Crippen LogP contribution in [0, 0.1) is 0 Å². The maximum Gasteiger partial charge on any atom is 0.173 e. The van der Waals surface area contributed by atoms with Gasteiger partial charge in [0.2, 0.25) is 0 Å². The first kappa shape index (κ1) is 32.6. The van der Waals surface area contributed by atoms with E-state index in [1.165, 1.54) is 89.5 Å². The van der Waals surface area contributed by atoms with Crippen molar-refractivity contribution in [3.05, 3.63) is 0 Å². The number of hydrogen-bond acceptors (Lipinski definition) is 2. The summed E-state index contributed by atoms with van der Waals surface area (Å²) in [6, 6.07) is 1.40. The van der Waals surface area contributed by atoms with Crippen molar-refractivity contribution < 1.29 is 14.3 Å². The third kappa shape index (κ3) is 33.1. The van der Waals surface area contributed by atoms with Gasteiger partial charge in [-0.15, -0.1) is 0 Å². The largest absolute Gasteiger partial charge is 0.420 e. The summed E-state index contributed by atoms with van der Waals surface area (Å²) in [7, 11) is -0.595. The molecule has 5 heteroatoms. The van der Waals surface area contributed by atoms with E-state index in [4.69, 9.17) is 9.53 Å². The Bertz CT molecular complexity index is 318. The van der Waals surface area contributed by atoms with E-state index >= 15 is 0 Å². The average Bonchev–Trinajstić information content (AvgIpc) is 2.74. The van der Waals surface area contributed by atoms with Crippen molar-refractivity contribution in [3.63, 3.8) is 0 Å². The molecule has 1 fully saturated rings. The van der Waals surface area contributed by atoms with Crippen LogP contribution >= 0.6 is 0 Å². The second-order valence-electron chi connectivity index (χ2n) is 8.61. The second kappa shape index (κ2) is 29.4. The molecule has 0 aliphatic carbocycles. The van der Waals surface area contributed by atoms with Crippen LogP contribution in [0.15, 0.2) is 0 Å². The Kier molecular flexibility index (Phi) is 32.0. The molecule has 30 heavy (non-hydrogen) atoms. The molecule has 2 radical (unpaired) electrons. The molecule has 0 spiro atoms. The minimum absolute atomic E-state index is 0.149. The van der Waals surface area contributed by atoms with Gasteiger partial charge in [-0.25, -0.2) is 0 Å². The molecule has 1 saturated heterocycles. The molecular formula is C25H54O3SiSn. The predicted octanol–water partition coefficient (Wildman–Crippen LogP) is 8.27. The van der Waals surface area contributed by atoms with E-state index < -0.39 is 15.0 Å². The summed E-state index contributed by atoms with van der Waals surface area (Å²) in [6.45, 7) is 10.1. The van der Waals surface area contributed by atoms with Crippen LogP contribution in [0.25, 0.3) is 0 Å². The Morgan fingerprint density at radius 2 is 1.30 bits per heavy atom. The van der Waals surface area contributed by atoms with Gasteiger partial charge in [0.1, 0.15) is 0 Å². The van der Waals surface area contributed by atoms with Gasteiger partial charge in [-0.3, -0.25) is 4.79 Å². The molecule has 0 aromatic carbocycles. The zero-order valence-electron chi connectivity index (χ0n) is 21.0. The van der Waals surface area contributed by atoms with Gasteiger partial charge in [-0.05, 0) is 25.4 Å². The summed E-state index contributed by atoms with van der Waals surface area (Å²) >= 11 is 0.149. The molecule has 3 nitrogen and oxygen atoms in total. The molecule has 0 bridgehead atoms. The molecule has 180 valence electrons. The Hall–Kier alpha value is 0.446. The number of carboxylic acids is 1. The van der Waals surface area contributed by atoms with Crippen LogP contribution in [-0.4, -0.2) is 47.9 Å². The SMILES string of the molecule is CCCCCCCCCCCC(=O)O.CCC[CH2][Sn][CH2]CCC.C[SiH]1CCCCO1. The van der Waals surface area contributed by atoms with Crippen molar-refractivity contribution in [1.82, 2.24) is 0 Å². The number of carbonyl (C=O) groups is 1. The van der Waals surface area contributed by atoms with E-state index in [9.17, 15) is 4.79 Å². The smallest absolute Gasteiger partial charge is 0.173 e. The molecule has 0 saturated carbocycles. The topological polar surface area (TPSA) is 46.5 Å². The maximum absolute atomic E-state index is 10.2. The summed E-state index contributed by atoms with van der Waals surface area (Å²) in [6.07, 6.45) is 20.0. The van der Waals surface area contributed by atoms with Gasteiger partial charge in [-0.1, -0.05) is 64.7 Å². The Balaban J connectivity index is 0. The summed E-state index contributed by atoms with van der Waals surface area (Å²) < 4.78 is 8.67. The van der Waals surface area contributed by atoms with E-state index in [0.29, 0.717) is 6.42 Å². The summed E-state index contributed by atoms with van der Waals surface area (Å²) in [5, 5.41) is 8.41. The van der Waals surface area contributed by atoms with Gasteiger partial charge < -0.3 is 9.53 Å². The van der Waals surface area contributed by atoms with E-state index in [2.05, 4.69) is 27.3 Å². The van der Waals surface area contributed by atoms with Crippen LogP contribution < -0.4 is 0 Å². The average molecular weight is 550 g/mol. The van der Waals surface area contributed by atoms with Crippen LogP contribution in [0.4, 0.5) is 0 Å². The summed E-state index contributed by atoms with van der Waals surface area (Å²) in [5.41, 5.74) is 0. The van der Waals surface area contributed by atoms with Crippen molar-refractivity contribution in [2.45, 2.75) is 145 Å². The van der Waals surface area contributed by atoms with Gasteiger partial charge >= 0.3 is 75.5 Å². The molecular weight excluding hydrogens is 495 g/mol. The molecule has 1 unspecified atom stereocenters. The summed E-state index contributed by atoms with van der Waals surface area (Å²) in [5.74, 6) is -0.659. The number of carboxylic acid groups (broad SMARTS) is 1. The fraction of sp³-hybridized carbons (Fsp3) is 0.960.